The van der Waals surface area contributed by atoms with Crippen molar-refractivity contribution >= 4 is 44.7 Å². The third-order valence-electron chi connectivity index (χ3n) is 3.88. The first-order valence-electron chi connectivity index (χ1n) is 8.20. The fourth-order valence-electron chi connectivity index (χ4n) is 2.59. The van der Waals surface area contributed by atoms with Gasteiger partial charge in [0.1, 0.15) is 5.69 Å². The van der Waals surface area contributed by atoms with Gasteiger partial charge < -0.3 is 5.32 Å². The summed E-state index contributed by atoms with van der Waals surface area (Å²) >= 11 is 5.61. The maximum absolute atomic E-state index is 12.5. The first-order chi connectivity index (χ1) is 14.1. The molecule has 156 valence electrons. The van der Waals surface area contributed by atoms with Crippen molar-refractivity contribution in [3.05, 3.63) is 63.1 Å². The van der Waals surface area contributed by atoms with Crippen LogP contribution >= 0.6 is 11.6 Å². The van der Waals surface area contributed by atoms with Crippen molar-refractivity contribution in [3.8, 4) is 0 Å². The van der Waals surface area contributed by atoms with E-state index in [1.807, 2.05) is 0 Å². The van der Waals surface area contributed by atoms with Crippen molar-refractivity contribution in [2.24, 2.45) is 7.05 Å². The Morgan fingerprint density at radius 2 is 1.83 bits per heavy atom. The molecule has 12 nitrogen and oxygen atoms in total. The zero-order chi connectivity index (χ0) is 22.1. The number of carbonyl (C=O) groups is 1. The molecule has 0 radical (unpaired) electrons. The number of hydrogen-bond donors (Lipinski definition) is 2. The minimum Gasteiger partial charge on any atom is -0.320 e. The quantitative estimate of drug-likeness (QED) is 0.425. The molecule has 0 aliphatic carbocycles. The molecule has 2 N–H and O–H groups in total. The van der Waals surface area contributed by atoms with Gasteiger partial charge >= 0.3 is 5.69 Å². The molecule has 0 aliphatic rings. The van der Waals surface area contributed by atoms with E-state index in [4.69, 9.17) is 11.6 Å². The van der Waals surface area contributed by atoms with E-state index in [-0.39, 0.29) is 32.9 Å². The molecule has 0 bridgehead atoms. The van der Waals surface area contributed by atoms with E-state index in [2.05, 4.69) is 25.3 Å². The van der Waals surface area contributed by atoms with Crippen molar-refractivity contribution in [3.63, 3.8) is 0 Å². The van der Waals surface area contributed by atoms with Gasteiger partial charge in [-0.1, -0.05) is 11.6 Å². The number of nitrogens with zero attached hydrogens (tertiary/aromatic N) is 5. The van der Waals surface area contributed by atoms with Crippen molar-refractivity contribution in [1.82, 2.24) is 20.0 Å². The second-order valence-corrected chi connectivity index (χ2v) is 8.06. The Bertz CT molecular complexity index is 1220. The summed E-state index contributed by atoms with van der Waals surface area (Å²) < 4.78 is 28.2. The maximum atomic E-state index is 12.5. The fraction of sp³-hybridized carbons (Fsp3) is 0.125. The summed E-state index contributed by atoms with van der Waals surface area (Å²) in [6, 6.07) is 7.92. The minimum atomic E-state index is -3.96. The molecule has 14 heteroatoms. The second-order valence-electron chi connectivity index (χ2n) is 5.99. The van der Waals surface area contributed by atoms with Crippen LogP contribution in [-0.2, 0) is 17.1 Å². The topological polar surface area (TPSA) is 162 Å². The van der Waals surface area contributed by atoms with Gasteiger partial charge in [0.15, 0.2) is 11.0 Å². The van der Waals surface area contributed by atoms with Gasteiger partial charge in [-0.3, -0.25) is 24.3 Å². The monoisotopic (exact) mass is 451 g/mol. The van der Waals surface area contributed by atoms with Gasteiger partial charge in [0, 0.05) is 12.7 Å². The number of anilines is 2. The minimum absolute atomic E-state index is 0.0179. The van der Waals surface area contributed by atoms with E-state index in [0.29, 0.717) is 0 Å². The standard InChI is InChI=1S/C16H14ClN7O5S/c1-9-14(24(26)27)15(23(2)21-9)16(25)18-10-3-5-11(6-4-10)30(28,29)22-13-8-7-12(17)19-20-13/h3-8H,1-2H3,(H,18,25)(H,20,22). The van der Waals surface area contributed by atoms with Crippen LogP contribution in [0.2, 0.25) is 5.15 Å². The van der Waals surface area contributed by atoms with Crippen LogP contribution < -0.4 is 10.0 Å². The highest BCUT2D eigenvalue weighted by atomic mass is 35.5. The third-order valence-corrected chi connectivity index (χ3v) is 5.45. The highest BCUT2D eigenvalue weighted by Gasteiger charge is 2.29. The lowest BCUT2D eigenvalue weighted by molar-refractivity contribution is -0.385. The van der Waals surface area contributed by atoms with Gasteiger partial charge in [-0.05, 0) is 43.3 Å². The zero-order valence-corrected chi connectivity index (χ0v) is 17.1. The zero-order valence-electron chi connectivity index (χ0n) is 15.5. The number of aromatic nitrogens is 4. The van der Waals surface area contributed by atoms with E-state index < -0.39 is 26.5 Å². The Morgan fingerprint density at radius 3 is 2.40 bits per heavy atom. The van der Waals surface area contributed by atoms with Crippen LogP contribution in [0.4, 0.5) is 17.2 Å². The second kappa shape index (κ2) is 8.04. The first kappa shape index (κ1) is 21.1. The van der Waals surface area contributed by atoms with E-state index in [9.17, 15) is 23.3 Å². The lowest BCUT2D eigenvalue weighted by Crippen LogP contribution is -2.18. The lowest BCUT2D eigenvalue weighted by Gasteiger charge is -2.09. The van der Waals surface area contributed by atoms with Crippen molar-refractivity contribution < 1.29 is 18.1 Å². The van der Waals surface area contributed by atoms with Crippen LogP contribution in [0.1, 0.15) is 16.2 Å². The molecule has 3 rings (SSSR count). The number of hydrogen-bond acceptors (Lipinski definition) is 8. The number of amides is 1. The number of nitrogens with one attached hydrogen (secondary N) is 2. The Kier molecular flexibility index (Phi) is 5.67. The van der Waals surface area contributed by atoms with Crippen LogP contribution in [-0.4, -0.2) is 39.2 Å². The summed E-state index contributed by atoms with van der Waals surface area (Å²) in [7, 11) is -2.54. The van der Waals surface area contributed by atoms with Gasteiger partial charge in [-0.25, -0.2) is 8.42 Å². The van der Waals surface area contributed by atoms with Gasteiger partial charge in [0.25, 0.3) is 15.9 Å². The third kappa shape index (κ3) is 4.36. The van der Waals surface area contributed by atoms with Crippen molar-refractivity contribution in [1.29, 1.82) is 0 Å². The van der Waals surface area contributed by atoms with Crippen molar-refractivity contribution in [2.75, 3.05) is 10.0 Å². The SMILES string of the molecule is Cc1nn(C)c(C(=O)Nc2ccc(S(=O)(=O)Nc3ccc(Cl)nn3)cc2)c1[N+](=O)[O-]. The summed E-state index contributed by atoms with van der Waals surface area (Å²) in [6.45, 7) is 1.42. The molecule has 0 fully saturated rings. The summed E-state index contributed by atoms with van der Waals surface area (Å²) in [4.78, 5) is 22.9. The summed E-state index contributed by atoms with van der Waals surface area (Å²) in [6.07, 6.45) is 0. The molecule has 1 amide bonds. The summed E-state index contributed by atoms with van der Waals surface area (Å²) in [5, 5.41) is 24.9. The van der Waals surface area contributed by atoms with Crippen LogP contribution in [0.15, 0.2) is 41.3 Å². The molecular formula is C16H14ClN7O5S. The smallest absolute Gasteiger partial charge is 0.320 e. The molecule has 1 aromatic carbocycles. The summed E-state index contributed by atoms with van der Waals surface area (Å²) in [5.74, 6) is -0.773. The number of aryl methyl sites for hydroxylation is 2. The maximum Gasteiger partial charge on any atom is 0.322 e. The molecule has 30 heavy (non-hydrogen) atoms. The van der Waals surface area contributed by atoms with Crippen LogP contribution in [0.3, 0.4) is 0 Å². The lowest BCUT2D eigenvalue weighted by atomic mass is 10.2. The van der Waals surface area contributed by atoms with E-state index in [1.165, 1.54) is 50.4 Å². The van der Waals surface area contributed by atoms with Gasteiger partial charge in [-0.15, -0.1) is 10.2 Å². The van der Waals surface area contributed by atoms with Crippen molar-refractivity contribution in [2.45, 2.75) is 11.8 Å². The van der Waals surface area contributed by atoms with Crippen LogP contribution in [0.5, 0.6) is 0 Å². The van der Waals surface area contributed by atoms with Gasteiger partial charge in [0.2, 0.25) is 5.69 Å². The van der Waals surface area contributed by atoms with E-state index >= 15 is 0 Å². The molecule has 0 atom stereocenters. The molecule has 2 aromatic heterocycles. The van der Waals surface area contributed by atoms with E-state index in [0.717, 1.165) is 4.68 Å². The Morgan fingerprint density at radius 1 is 1.17 bits per heavy atom. The predicted octanol–water partition coefficient (Wildman–Crippen LogP) is 2.13. The Labute approximate surface area is 175 Å². The number of nitro groups is 1. The average Bonchev–Trinajstić information content (AvgIpc) is 2.98. The number of carbonyl (C=O) groups excluding carboxylic acids is 1. The highest BCUT2D eigenvalue weighted by molar-refractivity contribution is 7.92. The predicted molar refractivity (Wildman–Crippen MR) is 107 cm³/mol. The molecule has 0 saturated heterocycles. The molecule has 2 heterocycles. The Balaban J connectivity index is 1.78. The van der Waals surface area contributed by atoms with Gasteiger partial charge in [0.05, 0.1) is 9.82 Å². The fourth-order valence-corrected chi connectivity index (χ4v) is 3.69. The molecule has 0 spiro atoms. The molecular weight excluding hydrogens is 438 g/mol. The number of rotatable bonds is 6. The molecule has 0 saturated carbocycles. The average molecular weight is 452 g/mol. The summed E-state index contributed by atoms with van der Waals surface area (Å²) in [5.41, 5.74) is -0.288. The molecule has 3 aromatic rings. The highest BCUT2D eigenvalue weighted by Crippen LogP contribution is 2.24. The Hall–Kier alpha value is -3.58. The molecule has 0 unspecified atom stereocenters. The molecule has 0 aliphatic heterocycles. The largest absolute Gasteiger partial charge is 0.322 e. The normalized spacial score (nSPS) is 11.2. The number of halogens is 1. The number of sulfonamides is 1. The van der Waals surface area contributed by atoms with Gasteiger partial charge in [-0.2, -0.15) is 5.10 Å². The van der Waals surface area contributed by atoms with Crippen LogP contribution in [0.25, 0.3) is 0 Å². The van der Waals surface area contributed by atoms with E-state index in [1.54, 1.807) is 0 Å². The first-order valence-corrected chi connectivity index (χ1v) is 10.1. The van der Waals surface area contributed by atoms with Crippen LogP contribution in [0, 0.1) is 17.0 Å². The number of benzene rings is 1.